The van der Waals surface area contributed by atoms with Crippen LogP contribution in [-0.2, 0) is 9.53 Å². The largest absolute Gasteiger partial charge is 0.449 e. The molecule has 0 rings (SSSR count). The molecule has 0 atom stereocenters. The van der Waals surface area contributed by atoms with Gasteiger partial charge >= 0.3 is 5.97 Å². The van der Waals surface area contributed by atoms with Crippen molar-refractivity contribution in [3.05, 3.63) is 0 Å². The standard InChI is InChI=1S/C11H20F2O2S/c1-9(14)15-10(2,3)16-8-6-5-7-11(4,12)13/h5-8H2,1-4H3. The van der Waals surface area contributed by atoms with Crippen molar-refractivity contribution in [2.24, 2.45) is 0 Å². The molecule has 96 valence electrons. The molecule has 0 aliphatic rings. The lowest BCUT2D eigenvalue weighted by Gasteiger charge is -2.23. The van der Waals surface area contributed by atoms with Crippen LogP contribution in [0.1, 0.15) is 47.0 Å². The lowest BCUT2D eigenvalue weighted by Crippen LogP contribution is -2.23. The Labute approximate surface area is 100 Å². The smallest absolute Gasteiger partial charge is 0.304 e. The van der Waals surface area contributed by atoms with Crippen molar-refractivity contribution >= 4 is 17.7 Å². The van der Waals surface area contributed by atoms with E-state index in [4.69, 9.17) is 4.74 Å². The minimum absolute atomic E-state index is 0.0818. The molecule has 0 spiro atoms. The summed E-state index contributed by atoms with van der Waals surface area (Å²) < 4.78 is 30.0. The maximum atomic E-state index is 12.5. The quantitative estimate of drug-likeness (QED) is 0.392. The van der Waals surface area contributed by atoms with Crippen LogP contribution in [0.2, 0.25) is 0 Å². The molecular weight excluding hydrogens is 234 g/mol. The first-order valence-corrected chi connectivity index (χ1v) is 6.32. The van der Waals surface area contributed by atoms with Crippen LogP contribution in [0.4, 0.5) is 8.78 Å². The van der Waals surface area contributed by atoms with Crippen molar-refractivity contribution in [3.8, 4) is 0 Å². The van der Waals surface area contributed by atoms with E-state index in [0.29, 0.717) is 12.8 Å². The van der Waals surface area contributed by atoms with Crippen LogP contribution in [0.25, 0.3) is 0 Å². The van der Waals surface area contributed by atoms with Crippen LogP contribution in [0.5, 0.6) is 0 Å². The van der Waals surface area contributed by atoms with Crippen molar-refractivity contribution in [3.63, 3.8) is 0 Å². The molecule has 0 aromatic carbocycles. The van der Waals surface area contributed by atoms with Gasteiger partial charge in [0.15, 0.2) is 4.93 Å². The van der Waals surface area contributed by atoms with E-state index in [9.17, 15) is 13.6 Å². The molecular formula is C11H20F2O2S. The molecule has 0 aromatic heterocycles. The lowest BCUT2D eigenvalue weighted by molar-refractivity contribution is -0.146. The highest BCUT2D eigenvalue weighted by Crippen LogP contribution is 2.28. The van der Waals surface area contributed by atoms with E-state index in [1.54, 1.807) is 13.8 Å². The second-order valence-electron chi connectivity index (χ2n) is 4.37. The first-order chi connectivity index (χ1) is 7.12. The van der Waals surface area contributed by atoms with E-state index in [1.165, 1.54) is 18.7 Å². The zero-order chi connectivity index (χ0) is 12.8. The molecule has 0 N–H and O–H groups in total. The Morgan fingerprint density at radius 1 is 1.25 bits per heavy atom. The van der Waals surface area contributed by atoms with E-state index in [1.807, 2.05) is 0 Å². The fourth-order valence-electron chi connectivity index (χ4n) is 1.23. The molecule has 0 bridgehead atoms. The van der Waals surface area contributed by atoms with Gasteiger partial charge in [-0.2, -0.15) is 0 Å². The minimum Gasteiger partial charge on any atom is -0.449 e. The van der Waals surface area contributed by atoms with Gasteiger partial charge in [-0.05, 0) is 39.4 Å². The molecule has 0 radical (unpaired) electrons. The van der Waals surface area contributed by atoms with Gasteiger partial charge in [0, 0.05) is 13.3 Å². The first kappa shape index (κ1) is 15.7. The van der Waals surface area contributed by atoms with Crippen LogP contribution in [0.15, 0.2) is 0 Å². The summed E-state index contributed by atoms with van der Waals surface area (Å²) in [5.41, 5.74) is 0. The molecule has 0 fully saturated rings. The monoisotopic (exact) mass is 254 g/mol. The van der Waals surface area contributed by atoms with Crippen LogP contribution < -0.4 is 0 Å². The summed E-state index contributed by atoms with van der Waals surface area (Å²) in [6.07, 6.45) is 1.12. The molecule has 2 nitrogen and oxygen atoms in total. The van der Waals surface area contributed by atoms with Crippen LogP contribution in [0, 0.1) is 0 Å². The van der Waals surface area contributed by atoms with E-state index in [-0.39, 0.29) is 12.4 Å². The number of ether oxygens (including phenoxy) is 1. The van der Waals surface area contributed by atoms with Crippen molar-refractivity contribution in [1.29, 1.82) is 0 Å². The van der Waals surface area contributed by atoms with Crippen molar-refractivity contribution in [2.75, 3.05) is 5.75 Å². The van der Waals surface area contributed by atoms with Gasteiger partial charge in [-0.1, -0.05) is 0 Å². The van der Waals surface area contributed by atoms with Gasteiger partial charge in [0.2, 0.25) is 5.92 Å². The Kier molecular flexibility index (Phi) is 6.30. The van der Waals surface area contributed by atoms with Crippen molar-refractivity contribution in [1.82, 2.24) is 0 Å². The summed E-state index contributed by atoms with van der Waals surface area (Å²) in [6.45, 7) is 5.89. The molecule has 0 amide bonds. The van der Waals surface area contributed by atoms with Crippen LogP contribution in [0.3, 0.4) is 0 Å². The normalized spacial score (nSPS) is 12.6. The van der Waals surface area contributed by atoms with E-state index < -0.39 is 10.9 Å². The molecule has 0 aromatic rings. The second-order valence-corrected chi connectivity index (χ2v) is 6.05. The van der Waals surface area contributed by atoms with Gasteiger partial charge in [0.25, 0.3) is 0 Å². The fraction of sp³-hybridized carbons (Fsp3) is 0.909. The summed E-state index contributed by atoms with van der Waals surface area (Å²) in [5.74, 6) is -2.18. The highest BCUT2D eigenvalue weighted by Gasteiger charge is 2.22. The maximum absolute atomic E-state index is 12.5. The maximum Gasteiger partial charge on any atom is 0.304 e. The van der Waals surface area contributed by atoms with E-state index in [2.05, 4.69) is 0 Å². The number of carbonyl (C=O) groups is 1. The predicted octanol–water partition coefficient (Wildman–Crippen LogP) is 3.84. The average molecular weight is 254 g/mol. The van der Waals surface area contributed by atoms with Gasteiger partial charge in [0.1, 0.15) is 0 Å². The van der Waals surface area contributed by atoms with Gasteiger partial charge in [-0.25, -0.2) is 8.78 Å². The number of esters is 1. The summed E-state index contributed by atoms with van der Waals surface area (Å²) in [7, 11) is 0. The second kappa shape index (κ2) is 6.42. The Bertz CT molecular complexity index is 225. The highest BCUT2D eigenvalue weighted by atomic mass is 32.2. The molecule has 0 unspecified atom stereocenters. The third-order valence-corrected chi connectivity index (χ3v) is 3.12. The molecule has 5 heteroatoms. The fourth-order valence-corrected chi connectivity index (χ4v) is 2.25. The van der Waals surface area contributed by atoms with Crippen LogP contribution in [-0.4, -0.2) is 22.6 Å². The zero-order valence-corrected chi connectivity index (χ0v) is 11.1. The summed E-state index contributed by atoms with van der Waals surface area (Å²) in [5, 5.41) is 0. The number of thioether (sulfide) groups is 1. The Hall–Kier alpha value is -0.320. The number of alkyl halides is 2. The Morgan fingerprint density at radius 2 is 1.81 bits per heavy atom. The van der Waals surface area contributed by atoms with Crippen molar-refractivity contribution in [2.45, 2.75) is 57.8 Å². The van der Waals surface area contributed by atoms with E-state index in [0.717, 1.165) is 12.7 Å². The van der Waals surface area contributed by atoms with Gasteiger partial charge in [0.05, 0.1) is 0 Å². The van der Waals surface area contributed by atoms with Gasteiger partial charge < -0.3 is 4.74 Å². The molecule has 16 heavy (non-hydrogen) atoms. The molecule has 0 saturated heterocycles. The number of halogens is 2. The van der Waals surface area contributed by atoms with Gasteiger partial charge in [-0.3, -0.25) is 4.79 Å². The summed E-state index contributed by atoms with van der Waals surface area (Å²) in [6, 6.07) is 0. The molecule has 0 aliphatic heterocycles. The predicted molar refractivity (Wildman–Crippen MR) is 62.8 cm³/mol. The highest BCUT2D eigenvalue weighted by molar-refractivity contribution is 8.00. The van der Waals surface area contributed by atoms with Gasteiger partial charge in [-0.15, -0.1) is 11.8 Å². The lowest BCUT2D eigenvalue weighted by atomic mass is 10.2. The molecule has 0 heterocycles. The molecule has 0 saturated carbocycles. The third kappa shape index (κ3) is 10.2. The number of unbranched alkanes of at least 4 members (excludes halogenated alkanes) is 1. The number of carbonyl (C=O) groups excluding carboxylic acids is 1. The summed E-state index contributed by atoms with van der Waals surface area (Å²) in [4.78, 5) is 10.2. The third-order valence-electron chi connectivity index (χ3n) is 1.85. The Morgan fingerprint density at radius 3 is 2.25 bits per heavy atom. The summed E-state index contributed by atoms with van der Waals surface area (Å²) >= 11 is 1.47. The van der Waals surface area contributed by atoms with Crippen LogP contribution >= 0.6 is 11.8 Å². The number of hydrogen-bond acceptors (Lipinski definition) is 3. The van der Waals surface area contributed by atoms with E-state index >= 15 is 0 Å². The first-order valence-electron chi connectivity index (χ1n) is 5.34. The van der Waals surface area contributed by atoms with Crippen molar-refractivity contribution < 1.29 is 18.3 Å². The molecule has 0 aliphatic carbocycles. The zero-order valence-electron chi connectivity index (χ0n) is 10.3. The minimum atomic E-state index is -2.57. The SMILES string of the molecule is CC(=O)OC(C)(C)SCCCCC(C)(F)F. The Balaban J connectivity index is 3.62. The number of rotatable bonds is 7. The topological polar surface area (TPSA) is 26.3 Å². The number of hydrogen-bond donors (Lipinski definition) is 0. The average Bonchev–Trinajstić information content (AvgIpc) is 1.98.